The summed E-state index contributed by atoms with van der Waals surface area (Å²) in [7, 11) is 1.53. The minimum Gasteiger partial charge on any atom is -0.495 e. The fourth-order valence-electron chi connectivity index (χ4n) is 1.59. The largest absolute Gasteiger partial charge is 0.495 e. The molecule has 18 heavy (non-hydrogen) atoms. The zero-order chi connectivity index (χ0) is 13.1. The number of hydrogen-bond acceptors (Lipinski definition) is 4. The molecule has 6 nitrogen and oxygen atoms in total. The molecule has 0 saturated carbocycles. The van der Waals surface area contributed by atoms with Gasteiger partial charge in [0.15, 0.2) is 0 Å². The Kier molecular flexibility index (Phi) is 3.18. The number of ether oxygens (including phenoxy) is 1. The van der Waals surface area contributed by atoms with E-state index in [1.165, 1.54) is 13.3 Å². The van der Waals surface area contributed by atoms with E-state index in [1.807, 2.05) is 0 Å². The SMILES string of the molecule is COc1ccc(N)cc1NC(=O)c1cn[nH]c1C. The fourth-order valence-corrected chi connectivity index (χ4v) is 1.59. The number of anilines is 2. The summed E-state index contributed by atoms with van der Waals surface area (Å²) in [4.78, 5) is 12.0. The van der Waals surface area contributed by atoms with Gasteiger partial charge in [-0.1, -0.05) is 0 Å². The van der Waals surface area contributed by atoms with E-state index in [2.05, 4.69) is 15.5 Å². The van der Waals surface area contributed by atoms with Gasteiger partial charge in [-0.3, -0.25) is 9.89 Å². The highest BCUT2D eigenvalue weighted by molar-refractivity contribution is 6.05. The maximum atomic E-state index is 12.0. The van der Waals surface area contributed by atoms with Crippen LogP contribution in [0.4, 0.5) is 11.4 Å². The third kappa shape index (κ3) is 2.27. The number of carbonyl (C=O) groups is 1. The molecular weight excluding hydrogens is 232 g/mol. The van der Waals surface area contributed by atoms with E-state index in [4.69, 9.17) is 10.5 Å². The molecule has 1 aromatic carbocycles. The Morgan fingerprint density at radius 3 is 2.89 bits per heavy atom. The normalized spacial score (nSPS) is 10.1. The minimum absolute atomic E-state index is 0.259. The first kappa shape index (κ1) is 12.0. The van der Waals surface area contributed by atoms with Crippen molar-refractivity contribution in [1.82, 2.24) is 10.2 Å². The molecule has 4 N–H and O–H groups in total. The van der Waals surface area contributed by atoms with Gasteiger partial charge in [0.05, 0.1) is 24.6 Å². The van der Waals surface area contributed by atoms with Crippen LogP contribution in [0.1, 0.15) is 16.1 Å². The van der Waals surface area contributed by atoms with Crippen molar-refractivity contribution < 1.29 is 9.53 Å². The molecule has 1 amide bonds. The van der Waals surface area contributed by atoms with E-state index in [-0.39, 0.29) is 5.91 Å². The summed E-state index contributed by atoms with van der Waals surface area (Å²) in [6, 6.07) is 5.05. The molecule has 0 saturated heterocycles. The predicted molar refractivity (Wildman–Crippen MR) is 68.7 cm³/mol. The number of nitrogens with zero attached hydrogens (tertiary/aromatic N) is 1. The highest BCUT2D eigenvalue weighted by atomic mass is 16.5. The van der Waals surface area contributed by atoms with Crippen LogP contribution in [0.3, 0.4) is 0 Å². The van der Waals surface area contributed by atoms with Gasteiger partial charge in [0, 0.05) is 11.4 Å². The van der Waals surface area contributed by atoms with Crippen LogP contribution in [0.2, 0.25) is 0 Å². The number of nitrogens with one attached hydrogen (secondary N) is 2. The molecule has 2 aromatic rings. The Hall–Kier alpha value is -2.50. The number of hydrogen-bond donors (Lipinski definition) is 3. The quantitative estimate of drug-likeness (QED) is 0.716. The third-order valence-corrected chi connectivity index (χ3v) is 2.55. The van der Waals surface area contributed by atoms with Gasteiger partial charge in [0.1, 0.15) is 5.75 Å². The second-order valence-electron chi connectivity index (χ2n) is 3.82. The van der Waals surface area contributed by atoms with E-state index < -0.39 is 0 Å². The van der Waals surface area contributed by atoms with Crippen molar-refractivity contribution in [2.75, 3.05) is 18.2 Å². The molecule has 0 fully saturated rings. The Morgan fingerprint density at radius 2 is 2.28 bits per heavy atom. The lowest BCUT2D eigenvalue weighted by Crippen LogP contribution is -2.13. The molecule has 0 bridgehead atoms. The van der Waals surface area contributed by atoms with Crippen LogP contribution in [-0.4, -0.2) is 23.2 Å². The molecule has 2 rings (SSSR count). The van der Waals surface area contributed by atoms with Crippen LogP contribution in [0, 0.1) is 6.92 Å². The molecule has 0 aliphatic carbocycles. The van der Waals surface area contributed by atoms with E-state index in [0.29, 0.717) is 28.4 Å². The Labute approximate surface area is 104 Å². The molecule has 0 aliphatic rings. The predicted octanol–water partition coefficient (Wildman–Crippen LogP) is 1.56. The van der Waals surface area contributed by atoms with Gasteiger partial charge in [0.2, 0.25) is 0 Å². The van der Waals surface area contributed by atoms with Gasteiger partial charge in [0.25, 0.3) is 5.91 Å². The zero-order valence-corrected chi connectivity index (χ0v) is 10.2. The standard InChI is InChI=1S/C12H14N4O2/c1-7-9(6-14-16-7)12(17)15-10-5-8(13)3-4-11(10)18-2/h3-6H,13H2,1-2H3,(H,14,16)(H,15,17). The van der Waals surface area contributed by atoms with Crippen LogP contribution in [0.15, 0.2) is 24.4 Å². The monoisotopic (exact) mass is 246 g/mol. The van der Waals surface area contributed by atoms with E-state index in [1.54, 1.807) is 25.1 Å². The average molecular weight is 246 g/mol. The summed E-state index contributed by atoms with van der Waals surface area (Å²) < 4.78 is 5.16. The summed E-state index contributed by atoms with van der Waals surface area (Å²) in [5.74, 6) is 0.295. The number of nitrogen functional groups attached to an aromatic ring is 1. The first-order chi connectivity index (χ1) is 8.61. The van der Waals surface area contributed by atoms with Crippen LogP contribution in [0.5, 0.6) is 5.75 Å². The van der Waals surface area contributed by atoms with E-state index >= 15 is 0 Å². The number of nitrogens with two attached hydrogens (primary N) is 1. The topological polar surface area (TPSA) is 93.0 Å². The molecule has 94 valence electrons. The first-order valence-corrected chi connectivity index (χ1v) is 5.36. The molecule has 1 heterocycles. The van der Waals surface area contributed by atoms with Gasteiger partial charge < -0.3 is 15.8 Å². The molecule has 1 aromatic heterocycles. The summed E-state index contributed by atoms with van der Waals surface area (Å²) in [6.07, 6.45) is 1.48. The third-order valence-electron chi connectivity index (χ3n) is 2.55. The van der Waals surface area contributed by atoms with Crippen molar-refractivity contribution in [3.05, 3.63) is 35.7 Å². The van der Waals surface area contributed by atoms with Crippen LogP contribution in [-0.2, 0) is 0 Å². The second kappa shape index (κ2) is 4.79. The van der Waals surface area contributed by atoms with Gasteiger partial charge >= 0.3 is 0 Å². The van der Waals surface area contributed by atoms with Gasteiger partial charge in [-0.15, -0.1) is 0 Å². The lowest BCUT2D eigenvalue weighted by Gasteiger charge is -2.10. The summed E-state index contributed by atoms with van der Waals surface area (Å²) in [6.45, 7) is 1.78. The molecule has 0 radical (unpaired) electrons. The number of benzene rings is 1. The summed E-state index contributed by atoms with van der Waals surface area (Å²) >= 11 is 0. The molecular formula is C12H14N4O2. The maximum Gasteiger partial charge on any atom is 0.259 e. The first-order valence-electron chi connectivity index (χ1n) is 5.36. The summed E-state index contributed by atoms with van der Waals surface area (Å²) in [5, 5.41) is 9.25. The molecule has 0 spiro atoms. The van der Waals surface area contributed by atoms with Crippen molar-refractivity contribution in [3.8, 4) is 5.75 Å². The Morgan fingerprint density at radius 1 is 1.50 bits per heavy atom. The smallest absolute Gasteiger partial charge is 0.259 e. The van der Waals surface area contributed by atoms with Gasteiger partial charge in [-0.05, 0) is 25.1 Å². The minimum atomic E-state index is -0.259. The number of amides is 1. The van der Waals surface area contributed by atoms with Crippen molar-refractivity contribution in [3.63, 3.8) is 0 Å². The number of aromatic amines is 1. The Balaban J connectivity index is 2.27. The van der Waals surface area contributed by atoms with Crippen molar-refractivity contribution in [2.24, 2.45) is 0 Å². The average Bonchev–Trinajstić information content (AvgIpc) is 2.76. The lowest BCUT2D eigenvalue weighted by molar-refractivity contribution is 0.102. The number of aromatic nitrogens is 2. The second-order valence-corrected chi connectivity index (χ2v) is 3.82. The zero-order valence-electron chi connectivity index (χ0n) is 10.2. The van der Waals surface area contributed by atoms with Crippen molar-refractivity contribution in [2.45, 2.75) is 6.92 Å². The number of methoxy groups -OCH3 is 1. The van der Waals surface area contributed by atoms with Crippen LogP contribution in [0.25, 0.3) is 0 Å². The van der Waals surface area contributed by atoms with Crippen molar-refractivity contribution in [1.29, 1.82) is 0 Å². The van der Waals surface area contributed by atoms with Gasteiger partial charge in [-0.2, -0.15) is 5.10 Å². The highest BCUT2D eigenvalue weighted by Gasteiger charge is 2.13. The number of H-pyrrole nitrogens is 1. The van der Waals surface area contributed by atoms with Crippen LogP contribution < -0.4 is 15.8 Å². The Bertz CT molecular complexity index is 577. The molecule has 0 atom stereocenters. The lowest BCUT2D eigenvalue weighted by atomic mass is 10.2. The molecule has 6 heteroatoms. The summed E-state index contributed by atoms with van der Waals surface area (Å²) in [5.41, 5.74) is 7.95. The fraction of sp³-hybridized carbons (Fsp3) is 0.167. The van der Waals surface area contributed by atoms with Crippen molar-refractivity contribution >= 4 is 17.3 Å². The van der Waals surface area contributed by atoms with Gasteiger partial charge in [-0.25, -0.2) is 0 Å². The maximum absolute atomic E-state index is 12.0. The number of carbonyl (C=O) groups excluding carboxylic acids is 1. The molecule has 0 unspecified atom stereocenters. The number of rotatable bonds is 3. The van der Waals surface area contributed by atoms with E-state index in [9.17, 15) is 4.79 Å². The highest BCUT2D eigenvalue weighted by Crippen LogP contribution is 2.27. The van der Waals surface area contributed by atoms with E-state index in [0.717, 1.165) is 0 Å². The van der Waals surface area contributed by atoms with Crippen LogP contribution >= 0.6 is 0 Å². The molecule has 0 aliphatic heterocycles. The number of aryl methyl sites for hydroxylation is 1.